The molecule has 3 rings (SSSR count). The summed E-state index contributed by atoms with van der Waals surface area (Å²) in [6.07, 6.45) is 10.2. The fourth-order valence-corrected chi connectivity index (χ4v) is 3.14. The maximum Gasteiger partial charge on any atom is 0.142 e. The van der Waals surface area contributed by atoms with Gasteiger partial charge in [0.25, 0.3) is 0 Å². The predicted octanol–water partition coefficient (Wildman–Crippen LogP) is 2.66. The lowest BCUT2D eigenvalue weighted by Gasteiger charge is -2.26. The first-order chi connectivity index (χ1) is 10.3. The van der Waals surface area contributed by atoms with Crippen molar-refractivity contribution >= 4 is 16.9 Å². The zero-order valence-electron chi connectivity index (χ0n) is 12.9. The van der Waals surface area contributed by atoms with E-state index in [1.54, 1.807) is 6.33 Å². The predicted molar refractivity (Wildman–Crippen MR) is 86.7 cm³/mol. The summed E-state index contributed by atoms with van der Waals surface area (Å²) in [6, 6.07) is 2.05. The Morgan fingerprint density at radius 3 is 2.90 bits per heavy atom. The van der Waals surface area contributed by atoms with Crippen LogP contribution in [0.25, 0.3) is 11.0 Å². The van der Waals surface area contributed by atoms with E-state index in [1.807, 2.05) is 6.20 Å². The standard InChI is InChI=1S/C16H25N5/c1-20(9-5-6-12-21-10-3-2-4-11-21)16-14-7-8-17-15(14)18-13-19-16/h7-8,13H,2-6,9-12H2,1H3,(H,17,18,19). The molecule has 0 atom stereocenters. The summed E-state index contributed by atoms with van der Waals surface area (Å²) in [5.74, 6) is 1.03. The topological polar surface area (TPSA) is 48.1 Å². The molecule has 1 aliphatic rings. The second-order valence-electron chi connectivity index (χ2n) is 5.97. The molecule has 1 aliphatic heterocycles. The molecule has 2 aromatic rings. The number of fused-ring (bicyclic) bond motifs is 1. The molecule has 0 spiro atoms. The highest BCUT2D eigenvalue weighted by Crippen LogP contribution is 2.21. The van der Waals surface area contributed by atoms with Crippen molar-refractivity contribution in [2.24, 2.45) is 0 Å². The SMILES string of the molecule is CN(CCCCN1CCCCC1)c1ncnc2[nH]ccc12. The Balaban J connectivity index is 1.47. The van der Waals surface area contributed by atoms with Gasteiger partial charge in [-0.25, -0.2) is 9.97 Å². The van der Waals surface area contributed by atoms with Crippen LogP contribution in [0.5, 0.6) is 0 Å². The third kappa shape index (κ3) is 3.53. The number of unbranched alkanes of at least 4 members (excludes halogenated alkanes) is 1. The van der Waals surface area contributed by atoms with Gasteiger partial charge in [-0.15, -0.1) is 0 Å². The fraction of sp³-hybridized carbons (Fsp3) is 0.625. The van der Waals surface area contributed by atoms with Crippen molar-refractivity contribution in [1.29, 1.82) is 0 Å². The molecule has 1 N–H and O–H groups in total. The van der Waals surface area contributed by atoms with Crippen LogP contribution in [0.2, 0.25) is 0 Å². The van der Waals surface area contributed by atoms with E-state index in [1.165, 1.54) is 51.7 Å². The van der Waals surface area contributed by atoms with Crippen molar-refractivity contribution in [3.63, 3.8) is 0 Å². The van der Waals surface area contributed by atoms with Gasteiger partial charge < -0.3 is 14.8 Å². The number of H-pyrrole nitrogens is 1. The maximum absolute atomic E-state index is 4.43. The lowest BCUT2D eigenvalue weighted by Crippen LogP contribution is -2.31. The first-order valence-electron chi connectivity index (χ1n) is 8.06. The molecular formula is C16H25N5. The minimum absolute atomic E-state index is 0.917. The van der Waals surface area contributed by atoms with Gasteiger partial charge in [0.1, 0.15) is 17.8 Å². The minimum Gasteiger partial charge on any atom is -0.359 e. The van der Waals surface area contributed by atoms with Crippen molar-refractivity contribution in [2.75, 3.05) is 38.1 Å². The van der Waals surface area contributed by atoms with E-state index in [2.05, 4.69) is 37.9 Å². The van der Waals surface area contributed by atoms with Crippen molar-refractivity contribution in [2.45, 2.75) is 32.1 Å². The molecule has 0 aromatic carbocycles. The van der Waals surface area contributed by atoms with Crippen molar-refractivity contribution < 1.29 is 0 Å². The molecule has 21 heavy (non-hydrogen) atoms. The van der Waals surface area contributed by atoms with Gasteiger partial charge in [0, 0.05) is 19.8 Å². The Morgan fingerprint density at radius 1 is 1.19 bits per heavy atom. The molecule has 5 heteroatoms. The summed E-state index contributed by atoms with van der Waals surface area (Å²) in [5.41, 5.74) is 0.917. The fourth-order valence-electron chi connectivity index (χ4n) is 3.14. The van der Waals surface area contributed by atoms with Crippen LogP contribution in [0.4, 0.5) is 5.82 Å². The highest BCUT2D eigenvalue weighted by Gasteiger charge is 2.11. The number of nitrogens with zero attached hydrogens (tertiary/aromatic N) is 4. The maximum atomic E-state index is 4.43. The molecule has 0 unspecified atom stereocenters. The van der Waals surface area contributed by atoms with E-state index < -0.39 is 0 Å². The molecular weight excluding hydrogens is 262 g/mol. The molecule has 0 radical (unpaired) electrons. The van der Waals surface area contributed by atoms with Crippen molar-refractivity contribution in [3.8, 4) is 0 Å². The van der Waals surface area contributed by atoms with Crippen LogP contribution in [0, 0.1) is 0 Å². The largest absolute Gasteiger partial charge is 0.359 e. The Labute approximate surface area is 126 Å². The van der Waals surface area contributed by atoms with Crippen LogP contribution < -0.4 is 4.90 Å². The van der Waals surface area contributed by atoms with Crippen molar-refractivity contribution in [1.82, 2.24) is 19.9 Å². The summed E-state index contributed by atoms with van der Waals surface area (Å²) < 4.78 is 0. The average Bonchev–Trinajstić information content (AvgIpc) is 3.01. The normalized spacial score (nSPS) is 16.4. The zero-order valence-corrected chi connectivity index (χ0v) is 12.9. The molecule has 0 amide bonds. The van der Waals surface area contributed by atoms with Gasteiger partial charge in [-0.05, 0) is 51.4 Å². The zero-order chi connectivity index (χ0) is 14.5. The lowest BCUT2D eigenvalue weighted by molar-refractivity contribution is 0.225. The number of nitrogens with one attached hydrogen (secondary N) is 1. The van der Waals surface area contributed by atoms with E-state index >= 15 is 0 Å². The van der Waals surface area contributed by atoms with Crippen molar-refractivity contribution in [3.05, 3.63) is 18.6 Å². The number of aromatic nitrogens is 3. The van der Waals surface area contributed by atoms with Gasteiger partial charge in [0.15, 0.2) is 0 Å². The Bertz CT molecular complexity index is 559. The lowest BCUT2D eigenvalue weighted by atomic mass is 10.1. The average molecular weight is 287 g/mol. The molecule has 0 bridgehead atoms. The van der Waals surface area contributed by atoms with Crippen LogP contribution in [-0.4, -0.2) is 53.1 Å². The first kappa shape index (κ1) is 14.3. The summed E-state index contributed by atoms with van der Waals surface area (Å²) in [7, 11) is 2.12. The second kappa shape index (κ2) is 6.89. The van der Waals surface area contributed by atoms with Gasteiger partial charge in [0.05, 0.1) is 5.39 Å². The van der Waals surface area contributed by atoms with Gasteiger partial charge in [-0.2, -0.15) is 0 Å². The summed E-state index contributed by atoms with van der Waals surface area (Å²) in [5, 5.41) is 1.11. The van der Waals surface area contributed by atoms with Gasteiger partial charge >= 0.3 is 0 Å². The van der Waals surface area contributed by atoms with Gasteiger partial charge in [0.2, 0.25) is 0 Å². The summed E-state index contributed by atoms with van der Waals surface area (Å²) in [6.45, 7) is 4.89. The smallest absolute Gasteiger partial charge is 0.142 e. The monoisotopic (exact) mass is 287 g/mol. The van der Waals surface area contributed by atoms with E-state index in [4.69, 9.17) is 0 Å². The Kier molecular flexibility index (Phi) is 4.70. The van der Waals surface area contributed by atoms with E-state index in [9.17, 15) is 0 Å². The highest BCUT2D eigenvalue weighted by molar-refractivity contribution is 5.87. The number of hydrogen-bond acceptors (Lipinski definition) is 4. The third-order valence-electron chi connectivity index (χ3n) is 4.36. The molecule has 0 aliphatic carbocycles. The second-order valence-corrected chi connectivity index (χ2v) is 5.97. The molecule has 5 nitrogen and oxygen atoms in total. The van der Waals surface area contributed by atoms with Crippen LogP contribution in [0.1, 0.15) is 32.1 Å². The number of rotatable bonds is 6. The molecule has 0 saturated carbocycles. The quantitative estimate of drug-likeness (QED) is 0.830. The van der Waals surface area contributed by atoms with Gasteiger partial charge in [-0.3, -0.25) is 0 Å². The highest BCUT2D eigenvalue weighted by atomic mass is 15.2. The Morgan fingerprint density at radius 2 is 2.05 bits per heavy atom. The number of piperidine rings is 1. The first-order valence-corrected chi connectivity index (χ1v) is 8.06. The van der Waals surface area contributed by atoms with E-state index in [0.717, 1.165) is 23.4 Å². The number of anilines is 1. The third-order valence-corrected chi connectivity index (χ3v) is 4.36. The molecule has 114 valence electrons. The summed E-state index contributed by atoms with van der Waals surface area (Å²) in [4.78, 5) is 16.7. The molecule has 2 aromatic heterocycles. The minimum atomic E-state index is 0.917. The number of likely N-dealkylation sites (tertiary alicyclic amines) is 1. The van der Waals surface area contributed by atoms with Crippen LogP contribution in [-0.2, 0) is 0 Å². The van der Waals surface area contributed by atoms with Crippen LogP contribution in [0.3, 0.4) is 0 Å². The Hall–Kier alpha value is -1.62. The number of aromatic amines is 1. The molecule has 3 heterocycles. The van der Waals surface area contributed by atoms with E-state index in [0.29, 0.717) is 0 Å². The summed E-state index contributed by atoms with van der Waals surface area (Å²) >= 11 is 0. The van der Waals surface area contributed by atoms with Crippen LogP contribution >= 0.6 is 0 Å². The molecule has 1 fully saturated rings. The van der Waals surface area contributed by atoms with E-state index in [-0.39, 0.29) is 0 Å². The molecule has 1 saturated heterocycles. The van der Waals surface area contributed by atoms with Crippen LogP contribution in [0.15, 0.2) is 18.6 Å². The number of hydrogen-bond donors (Lipinski definition) is 1. The van der Waals surface area contributed by atoms with Gasteiger partial charge in [-0.1, -0.05) is 6.42 Å².